The van der Waals surface area contributed by atoms with Gasteiger partial charge in [-0.3, -0.25) is 4.79 Å². The van der Waals surface area contributed by atoms with Crippen molar-refractivity contribution in [2.45, 2.75) is 22.8 Å². The SMILES string of the molecule is O=C(N[C@@H]1COC[C@H]1O)c1ccccc1S(=O)(=O)Cc1ccccc1. The van der Waals surface area contributed by atoms with Gasteiger partial charge in [-0.05, 0) is 17.7 Å². The number of hydrogen-bond acceptors (Lipinski definition) is 5. The van der Waals surface area contributed by atoms with Crippen molar-refractivity contribution in [3.63, 3.8) is 0 Å². The molecule has 1 aliphatic rings. The summed E-state index contributed by atoms with van der Waals surface area (Å²) in [5.74, 6) is -0.727. The Bertz CT molecular complexity index is 851. The van der Waals surface area contributed by atoms with E-state index < -0.39 is 27.9 Å². The number of amides is 1. The third-order valence-corrected chi connectivity index (χ3v) is 5.77. The van der Waals surface area contributed by atoms with E-state index in [2.05, 4.69) is 5.32 Å². The first-order chi connectivity index (χ1) is 12.0. The minimum Gasteiger partial charge on any atom is -0.388 e. The normalized spacial score (nSPS) is 20.4. The lowest BCUT2D eigenvalue weighted by atomic mass is 10.1. The first-order valence-electron chi connectivity index (χ1n) is 7.90. The minimum atomic E-state index is -3.69. The van der Waals surface area contributed by atoms with Crippen LogP contribution in [0, 0.1) is 0 Å². The molecule has 1 amide bonds. The highest BCUT2D eigenvalue weighted by molar-refractivity contribution is 7.90. The zero-order valence-corrected chi connectivity index (χ0v) is 14.3. The summed E-state index contributed by atoms with van der Waals surface area (Å²) in [5, 5.41) is 12.4. The van der Waals surface area contributed by atoms with Gasteiger partial charge in [0.1, 0.15) is 0 Å². The van der Waals surface area contributed by atoms with E-state index in [0.717, 1.165) is 0 Å². The van der Waals surface area contributed by atoms with Crippen LogP contribution in [0.3, 0.4) is 0 Å². The number of sulfone groups is 1. The molecule has 1 saturated heterocycles. The summed E-state index contributed by atoms with van der Waals surface area (Å²) in [4.78, 5) is 12.5. The number of aliphatic hydroxyl groups is 1. The molecule has 0 radical (unpaired) electrons. The Balaban J connectivity index is 1.86. The van der Waals surface area contributed by atoms with Crippen LogP contribution in [0.1, 0.15) is 15.9 Å². The lowest BCUT2D eigenvalue weighted by Gasteiger charge is -2.16. The topological polar surface area (TPSA) is 92.7 Å². The Kier molecular flexibility index (Phi) is 5.17. The van der Waals surface area contributed by atoms with Crippen LogP contribution in [-0.4, -0.2) is 44.8 Å². The first-order valence-corrected chi connectivity index (χ1v) is 9.55. The molecule has 0 saturated carbocycles. The predicted octanol–water partition coefficient (Wildman–Crippen LogP) is 1.15. The second-order valence-corrected chi connectivity index (χ2v) is 7.88. The highest BCUT2D eigenvalue weighted by Gasteiger charge is 2.30. The zero-order valence-electron chi connectivity index (χ0n) is 13.5. The number of benzene rings is 2. The first kappa shape index (κ1) is 17.6. The maximum Gasteiger partial charge on any atom is 0.252 e. The van der Waals surface area contributed by atoms with Crippen LogP contribution < -0.4 is 5.32 Å². The van der Waals surface area contributed by atoms with Crippen LogP contribution in [0.2, 0.25) is 0 Å². The zero-order chi connectivity index (χ0) is 17.9. The van der Waals surface area contributed by atoms with Gasteiger partial charge in [0.25, 0.3) is 5.91 Å². The van der Waals surface area contributed by atoms with Gasteiger partial charge in [0.2, 0.25) is 0 Å². The molecule has 2 atom stereocenters. The van der Waals surface area contributed by atoms with Gasteiger partial charge in [-0.15, -0.1) is 0 Å². The predicted molar refractivity (Wildman–Crippen MR) is 91.9 cm³/mol. The largest absolute Gasteiger partial charge is 0.388 e. The van der Waals surface area contributed by atoms with Crippen LogP contribution in [0.25, 0.3) is 0 Å². The van der Waals surface area contributed by atoms with Gasteiger partial charge in [0, 0.05) is 0 Å². The molecule has 1 fully saturated rings. The Morgan fingerprint density at radius 1 is 1.08 bits per heavy atom. The Hall–Kier alpha value is -2.22. The van der Waals surface area contributed by atoms with Crippen LogP contribution in [0.4, 0.5) is 0 Å². The molecule has 1 heterocycles. The smallest absolute Gasteiger partial charge is 0.252 e. The van der Waals surface area contributed by atoms with Crippen molar-refractivity contribution in [3.8, 4) is 0 Å². The third kappa shape index (κ3) is 4.07. The molecule has 6 nitrogen and oxygen atoms in total. The van der Waals surface area contributed by atoms with Gasteiger partial charge in [0.05, 0.1) is 41.6 Å². The van der Waals surface area contributed by atoms with Crippen LogP contribution >= 0.6 is 0 Å². The Morgan fingerprint density at radius 3 is 2.44 bits per heavy atom. The van der Waals surface area contributed by atoms with E-state index in [-0.39, 0.29) is 29.4 Å². The molecule has 0 spiro atoms. The summed E-state index contributed by atoms with van der Waals surface area (Å²) in [6.07, 6.45) is -0.794. The molecular formula is C18H19NO5S. The molecule has 2 aromatic carbocycles. The van der Waals surface area contributed by atoms with Gasteiger partial charge >= 0.3 is 0 Å². The highest BCUT2D eigenvalue weighted by atomic mass is 32.2. The maximum atomic E-state index is 12.8. The number of carbonyl (C=O) groups excluding carboxylic acids is 1. The average Bonchev–Trinajstić information content (AvgIpc) is 3.00. The van der Waals surface area contributed by atoms with E-state index in [1.807, 2.05) is 6.07 Å². The molecule has 7 heteroatoms. The number of nitrogens with one attached hydrogen (secondary N) is 1. The molecule has 0 bridgehead atoms. The van der Waals surface area contributed by atoms with E-state index in [4.69, 9.17) is 4.74 Å². The summed E-state index contributed by atoms with van der Waals surface area (Å²) < 4.78 is 30.6. The van der Waals surface area contributed by atoms with E-state index in [0.29, 0.717) is 5.56 Å². The summed E-state index contributed by atoms with van der Waals surface area (Å²) in [6.45, 7) is 0.352. The molecule has 25 heavy (non-hydrogen) atoms. The number of hydrogen-bond donors (Lipinski definition) is 2. The summed E-state index contributed by atoms with van der Waals surface area (Å²) in [5.41, 5.74) is 0.717. The summed E-state index contributed by atoms with van der Waals surface area (Å²) in [6, 6.07) is 14.4. The molecule has 2 aromatic rings. The molecule has 2 N–H and O–H groups in total. The van der Waals surface area contributed by atoms with E-state index >= 15 is 0 Å². The van der Waals surface area contributed by atoms with Gasteiger partial charge < -0.3 is 15.2 Å². The van der Waals surface area contributed by atoms with Crippen LogP contribution in [0.15, 0.2) is 59.5 Å². The monoisotopic (exact) mass is 361 g/mol. The van der Waals surface area contributed by atoms with Crippen molar-refractivity contribution in [2.75, 3.05) is 13.2 Å². The van der Waals surface area contributed by atoms with Crippen molar-refractivity contribution < 1.29 is 23.1 Å². The van der Waals surface area contributed by atoms with E-state index in [1.54, 1.807) is 36.4 Å². The lowest BCUT2D eigenvalue weighted by molar-refractivity contribution is 0.0883. The highest BCUT2D eigenvalue weighted by Crippen LogP contribution is 2.21. The van der Waals surface area contributed by atoms with Gasteiger partial charge in [-0.1, -0.05) is 42.5 Å². The van der Waals surface area contributed by atoms with Crippen LogP contribution in [0.5, 0.6) is 0 Å². The van der Waals surface area contributed by atoms with Crippen molar-refractivity contribution in [2.24, 2.45) is 0 Å². The molecule has 3 rings (SSSR count). The number of carbonyl (C=O) groups is 1. The van der Waals surface area contributed by atoms with Crippen molar-refractivity contribution in [1.29, 1.82) is 0 Å². The summed E-state index contributed by atoms with van der Waals surface area (Å²) >= 11 is 0. The fraction of sp³-hybridized carbons (Fsp3) is 0.278. The minimum absolute atomic E-state index is 0.0234. The van der Waals surface area contributed by atoms with Gasteiger partial charge in [-0.2, -0.15) is 0 Å². The van der Waals surface area contributed by atoms with Gasteiger partial charge in [-0.25, -0.2) is 8.42 Å². The maximum absolute atomic E-state index is 12.8. The standard InChI is InChI=1S/C18H19NO5S/c20-16-11-24-10-15(16)19-18(21)14-8-4-5-9-17(14)25(22,23)12-13-6-2-1-3-7-13/h1-9,15-16,20H,10-12H2,(H,19,21)/t15-,16-/m1/s1. The second-order valence-electron chi connectivity index (χ2n) is 5.93. The van der Waals surface area contributed by atoms with Crippen LogP contribution in [-0.2, 0) is 20.3 Å². The second kappa shape index (κ2) is 7.35. The quantitative estimate of drug-likeness (QED) is 0.833. The lowest BCUT2D eigenvalue weighted by Crippen LogP contribution is -2.42. The van der Waals surface area contributed by atoms with E-state index in [1.165, 1.54) is 12.1 Å². The summed E-state index contributed by atoms with van der Waals surface area (Å²) in [7, 11) is -3.69. The molecule has 0 unspecified atom stereocenters. The van der Waals surface area contributed by atoms with E-state index in [9.17, 15) is 18.3 Å². The molecule has 0 aliphatic carbocycles. The fourth-order valence-corrected chi connectivity index (χ4v) is 4.29. The number of aliphatic hydroxyl groups excluding tert-OH is 1. The Morgan fingerprint density at radius 2 is 1.76 bits per heavy atom. The molecule has 0 aromatic heterocycles. The Labute approximate surface area is 146 Å². The van der Waals surface area contributed by atoms with Gasteiger partial charge in [0.15, 0.2) is 9.84 Å². The van der Waals surface area contributed by atoms with Crippen molar-refractivity contribution in [1.82, 2.24) is 5.32 Å². The third-order valence-electron chi connectivity index (χ3n) is 4.03. The molecule has 132 valence electrons. The fourth-order valence-electron chi connectivity index (χ4n) is 2.72. The number of rotatable bonds is 5. The average molecular weight is 361 g/mol. The van der Waals surface area contributed by atoms with Crippen molar-refractivity contribution in [3.05, 3.63) is 65.7 Å². The van der Waals surface area contributed by atoms with Crippen molar-refractivity contribution >= 4 is 15.7 Å². The number of ether oxygens (including phenoxy) is 1. The molecule has 1 aliphatic heterocycles. The molecular weight excluding hydrogens is 342 g/mol.